The molecule has 1 aromatic carbocycles. The molecule has 0 saturated carbocycles. The van der Waals surface area contributed by atoms with Crippen molar-refractivity contribution in [3.05, 3.63) is 23.8 Å². The van der Waals surface area contributed by atoms with Gasteiger partial charge < -0.3 is 20.1 Å². The summed E-state index contributed by atoms with van der Waals surface area (Å²) in [6.07, 6.45) is -5.13. The second-order valence-corrected chi connectivity index (χ2v) is 7.46. The number of nitrogens with zero attached hydrogens (tertiary/aromatic N) is 4. The number of hydrogen-bond acceptors (Lipinski definition) is 7. The van der Waals surface area contributed by atoms with Gasteiger partial charge in [0.05, 0.1) is 25.3 Å². The minimum atomic E-state index is -3.22. The van der Waals surface area contributed by atoms with Crippen molar-refractivity contribution in [3.63, 3.8) is 0 Å². The number of aliphatic hydroxyl groups is 1. The van der Waals surface area contributed by atoms with Crippen molar-refractivity contribution < 1.29 is 41.8 Å². The number of hydrogen-bond donors (Lipinski definition) is 2. The van der Waals surface area contributed by atoms with Gasteiger partial charge in [-0.1, -0.05) is 0 Å². The number of hydrazine groups is 1. The first-order valence-corrected chi connectivity index (χ1v) is 10.0. The third-order valence-electron chi connectivity index (χ3n) is 5.32. The Balaban J connectivity index is 1.72. The normalized spacial score (nSPS) is 19.7. The van der Waals surface area contributed by atoms with Crippen molar-refractivity contribution in [2.75, 3.05) is 62.7 Å². The first kappa shape index (κ1) is 24.5. The first-order valence-electron chi connectivity index (χ1n) is 10.0. The van der Waals surface area contributed by atoms with Gasteiger partial charge in [-0.15, -0.1) is 0 Å². The molecule has 2 aliphatic heterocycles. The number of halogens is 4. The number of amides is 3. The highest BCUT2D eigenvalue weighted by Gasteiger charge is 2.34. The smallest absolute Gasteiger partial charge is 0.414 e. The lowest BCUT2D eigenvalue weighted by molar-refractivity contribution is -0.148. The number of ether oxygens (including phenoxy) is 1. The van der Waals surface area contributed by atoms with Gasteiger partial charge in [-0.05, 0) is 0 Å². The largest absolute Gasteiger partial charge is 0.442 e. The van der Waals surface area contributed by atoms with Crippen LogP contribution in [-0.4, -0.2) is 98.5 Å². The molecule has 0 bridgehead atoms. The number of aliphatic hydroxyl groups excluding tert-OH is 1. The average molecular weight is 477 g/mol. The lowest BCUT2D eigenvalue weighted by Gasteiger charge is -2.28. The third kappa shape index (κ3) is 5.45. The molecule has 2 saturated heterocycles. The molecular weight excluding hydrogens is 454 g/mol. The number of carbonyl (C=O) groups is 3. The van der Waals surface area contributed by atoms with Crippen LogP contribution in [0.4, 0.5) is 33.7 Å². The maximum atomic E-state index is 14.9. The van der Waals surface area contributed by atoms with Gasteiger partial charge in [0.15, 0.2) is 11.6 Å². The van der Waals surface area contributed by atoms with Crippen LogP contribution in [0.5, 0.6) is 0 Å². The van der Waals surface area contributed by atoms with Crippen LogP contribution in [0, 0.1) is 11.6 Å². The number of rotatable bonds is 6. The second-order valence-electron chi connectivity index (χ2n) is 7.46. The van der Waals surface area contributed by atoms with Gasteiger partial charge in [-0.3, -0.25) is 19.5 Å². The molecule has 10 nitrogen and oxygen atoms in total. The minimum absolute atomic E-state index is 0.0981. The summed E-state index contributed by atoms with van der Waals surface area (Å²) in [7, 11) is 1.62. The van der Waals surface area contributed by atoms with Crippen LogP contribution in [0.3, 0.4) is 0 Å². The quantitative estimate of drug-likeness (QED) is 0.563. The molecule has 1 aromatic rings. The first-order chi connectivity index (χ1) is 15.6. The van der Waals surface area contributed by atoms with Crippen LogP contribution in [0.25, 0.3) is 0 Å². The Kier molecular flexibility index (Phi) is 7.58. The molecule has 33 heavy (non-hydrogen) atoms. The molecular formula is C19H23F4N5O5. The molecule has 182 valence electrons. The summed E-state index contributed by atoms with van der Waals surface area (Å²) in [5, 5.41) is 13.8. The number of alkyl halides is 2. The molecule has 1 atom stereocenters. The van der Waals surface area contributed by atoms with E-state index < -0.39 is 48.7 Å². The fraction of sp³-hybridized carbons (Fsp3) is 0.526. The van der Waals surface area contributed by atoms with Crippen molar-refractivity contribution in [3.8, 4) is 0 Å². The molecule has 0 unspecified atom stereocenters. The Bertz CT molecular complexity index is 898. The molecule has 2 fully saturated rings. The minimum Gasteiger partial charge on any atom is -0.442 e. The van der Waals surface area contributed by atoms with E-state index in [2.05, 4.69) is 0 Å². The number of cyclic esters (lactones) is 1. The maximum Gasteiger partial charge on any atom is 0.414 e. The van der Waals surface area contributed by atoms with Crippen LogP contribution in [-0.2, 0) is 14.3 Å². The van der Waals surface area contributed by atoms with E-state index in [-0.39, 0.29) is 50.6 Å². The molecule has 14 heteroatoms. The van der Waals surface area contributed by atoms with Gasteiger partial charge in [0.2, 0.25) is 0 Å². The Morgan fingerprint density at radius 2 is 1.82 bits per heavy atom. The summed E-state index contributed by atoms with van der Waals surface area (Å²) in [5.41, 5.74) is -0.468. The van der Waals surface area contributed by atoms with Crippen molar-refractivity contribution in [1.82, 2.24) is 15.3 Å². The zero-order valence-corrected chi connectivity index (χ0v) is 17.6. The van der Waals surface area contributed by atoms with Crippen molar-refractivity contribution in [2.24, 2.45) is 0 Å². The molecule has 2 heterocycles. The van der Waals surface area contributed by atoms with Crippen LogP contribution in [0.2, 0.25) is 0 Å². The molecule has 0 spiro atoms. The molecule has 0 aliphatic carbocycles. The van der Waals surface area contributed by atoms with Gasteiger partial charge in [0.1, 0.15) is 18.4 Å². The van der Waals surface area contributed by atoms with Gasteiger partial charge >= 0.3 is 12.5 Å². The van der Waals surface area contributed by atoms with E-state index in [4.69, 9.17) is 9.84 Å². The van der Waals surface area contributed by atoms with E-state index in [1.165, 1.54) is 9.91 Å². The summed E-state index contributed by atoms with van der Waals surface area (Å²) < 4.78 is 59.4. The molecule has 2 aliphatic rings. The second kappa shape index (κ2) is 10.2. The van der Waals surface area contributed by atoms with E-state index in [1.807, 2.05) is 5.32 Å². The van der Waals surface area contributed by atoms with Crippen molar-refractivity contribution in [1.29, 1.82) is 0 Å². The van der Waals surface area contributed by atoms with Crippen LogP contribution in [0.15, 0.2) is 12.1 Å². The number of anilines is 2. The standard InChI is InChI=1S/C19H23F4N5O5/c1-25-2-3-26(4-5-28(25)15(30)10-29)16-13(20)6-11(7-14(16)21)27-9-12(33-19(27)32)8-24-18(31)17(22)23/h6-7,12,17,29H,2-5,8-10H2,1H3,(H,24,31)/t12-/m0/s1. The van der Waals surface area contributed by atoms with Crippen LogP contribution < -0.4 is 15.1 Å². The van der Waals surface area contributed by atoms with Crippen molar-refractivity contribution in [2.45, 2.75) is 12.5 Å². The Hall–Kier alpha value is -3.13. The zero-order valence-electron chi connectivity index (χ0n) is 17.6. The molecule has 3 rings (SSSR count). The number of benzene rings is 1. The topological polar surface area (TPSA) is 106 Å². The average Bonchev–Trinajstić information content (AvgIpc) is 3.03. The SMILES string of the molecule is CN1CCN(c2c(F)cc(N3C[C@H](CNC(=O)C(F)F)OC3=O)cc2F)CCN1C(=O)CO. The molecule has 3 amide bonds. The predicted octanol–water partition coefficient (Wildman–Crippen LogP) is 0.159. The Morgan fingerprint density at radius 1 is 1.18 bits per heavy atom. The third-order valence-corrected chi connectivity index (χ3v) is 5.32. The number of nitrogens with one attached hydrogen (secondary N) is 1. The molecule has 2 N–H and O–H groups in total. The summed E-state index contributed by atoms with van der Waals surface area (Å²) in [6.45, 7) is -0.623. The van der Waals surface area contributed by atoms with Gasteiger partial charge in [0, 0.05) is 38.8 Å². The van der Waals surface area contributed by atoms with Crippen molar-refractivity contribution >= 4 is 29.3 Å². The fourth-order valence-electron chi connectivity index (χ4n) is 3.64. The van der Waals surface area contributed by atoms with E-state index >= 15 is 0 Å². The lowest BCUT2D eigenvalue weighted by atomic mass is 10.2. The predicted molar refractivity (Wildman–Crippen MR) is 107 cm³/mol. The number of carbonyl (C=O) groups excluding carboxylic acids is 3. The van der Waals surface area contributed by atoms with Gasteiger partial charge in [-0.2, -0.15) is 8.78 Å². The van der Waals surface area contributed by atoms with E-state index in [0.29, 0.717) is 0 Å². The van der Waals surface area contributed by atoms with Gasteiger partial charge in [0.25, 0.3) is 11.8 Å². The number of likely N-dealkylation sites (N-methyl/N-ethyl adjacent to an activating group) is 1. The summed E-state index contributed by atoms with van der Waals surface area (Å²) in [6, 6.07) is 1.90. The highest BCUT2D eigenvalue weighted by molar-refractivity contribution is 5.90. The monoisotopic (exact) mass is 477 g/mol. The Labute approximate surface area is 186 Å². The van der Waals surface area contributed by atoms with E-state index in [9.17, 15) is 31.9 Å². The maximum absolute atomic E-state index is 14.9. The Morgan fingerprint density at radius 3 is 2.42 bits per heavy atom. The van der Waals surface area contributed by atoms with Gasteiger partial charge in [-0.25, -0.2) is 18.6 Å². The summed E-state index contributed by atoms with van der Waals surface area (Å²) >= 11 is 0. The molecule has 0 aromatic heterocycles. The fourth-order valence-corrected chi connectivity index (χ4v) is 3.64. The summed E-state index contributed by atoms with van der Waals surface area (Å²) in [5.74, 6) is -3.95. The highest BCUT2D eigenvalue weighted by Crippen LogP contribution is 2.31. The zero-order chi connectivity index (χ0) is 24.3. The molecule has 0 radical (unpaired) electrons. The highest BCUT2D eigenvalue weighted by atomic mass is 19.3. The van der Waals surface area contributed by atoms with Crippen LogP contribution >= 0.6 is 0 Å². The van der Waals surface area contributed by atoms with Crippen LogP contribution in [0.1, 0.15) is 0 Å². The van der Waals surface area contributed by atoms with E-state index in [1.54, 1.807) is 12.1 Å². The van der Waals surface area contributed by atoms with E-state index in [0.717, 1.165) is 17.0 Å². The summed E-state index contributed by atoms with van der Waals surface area (Å²) in [4.78, 5) is 37.3. The lowest BCUT2D eigenvalue weighted by Crippen LogP contribution is -2.46.